The summed E-state index contributed by atoms with van der Waals surface area (Å²) in [6.07, 6.45) is 1.85. The molecule has 1 fully saturated rings. The molecule has 1 aliphatic rings. The molecule has 1 aliphatic heterocycles. The van der Waals surface area contributed by atoms with Crippen molar-refractivity contribution in [2.24, 2.45) is 4.99 Å². The summed E-state index contributed by atoms with van der Waals surface area (Å²) < 4.78 is 7.53. The number of benzene rings is 2. The fourth-order valence-corrected chi connectivity index (χ4v) is 4.94. The van der Waals surface area contributed by atoms with Crippen LogP contribution >= 0.6 is 55.2 Å². The van der Waals surface area contributed by atoms with Gasteiger partial charge in [0.15, 0.2) is 5.17 Å². The minimum Gasteiger partial charge on any atom is -0.487 e. The van der Waals surface area contributed by atoms with Gasteiger partial charge in [-0.3, -0.25) is 14.7 Å². The second kappa shape index (κ2) is 8.82. The molecule has 0 aliphatic carbocycles. The van der Waals surface area contributed by atoms with Crippen LogP contribution in [0.3, 0.4) is 0 Å². The Kier molecular flexibility index (Phi) is 6.68. The minimum atomic E-state index is -0.0593. The number of hydrogen-bond acceptors (Lipinski definition) is 4. The van der Waals surface area contributed by atoms with Crippen molar-refractivity contribution in [1.82, 2.24) is 4.90 Å². The van der Waals surface area contributed by atoms with Gasteiger partial charge >= 0.3 is 0 Å². The standard InChI is InChI=1S/C19H15Br2ClN2O2S/c1-23-19-24(2)18(25)16(27-19)9-12-7-14(20)17(15(21)8-12)26-10-11-3-5-13(22)6-4-11/h3-9H,10H2,1-2H3/b16-9-,23-19?. The van der Waals surface area contributed by atoms with Crippen molar-refractivity contribution in [2.45, 2.75) is 6.61 Å². The van der Waals surface area contributed by atoms with E-state index in [-0.39, 0.29) is 5.91 Å². The summed E-state index contributed by atoms with van der Waals surface area (Å²) >= 11 is 14.4. The normalized spacial score (nSPS) is 17.2. The Balaban J connectivity index is 1.80. The van der Waals surface area contributed by atoms with Crippen molar-refractivity contribution in [2.75, 3.05) is 14.1 Å². The predicted molar refractivity (Wildman–Crippen MR) is 119 cm³/mol. The van der Waals surface area contributed by atoms with E-state index in [0.717, 1.165) is 20.1 Å². The van der Waals surface area contributed by atoms with Gasteiger partial charge in [0, 0.05) is 19.1 Å². The first kappa shape index (κ1) is 20.5. The number of amides is 1. The van der Waals surface area contributed by atoms with Crippen LogP contribution in [-0.4, -0.2) is 30.1 Å². The number of hydrogen-bond donors (Lipinski definition) is 0. The summed E-state index contributed by atoms with van der Waals surface area (Å²) in [5.41, 5.74) is 1.90. The van der Waals surface area contributed by atoms with Gasteiger partial charge in [-0.05, 0) is 85.1 Å². The summed E-state index contributed by atoms with van der Waals surface area (Å²) in [5.74, 6) is 0.640. The van der Waals surface area contributed by atoms with Crippen molar-refractivity contribution in [3.8, 4) is 5.75 Å². The molecule has 1 heterocycles. The molecule has 1 saturated heterocycles. The number of nitrogens with zero attached hydrogens (tertiary/aromatic N) is 2. The molecule has 27 heavy (non-hydrogen) atoms. The van der Waals surface area contributed by atoms with E-state index in [0.29, 0.717) is 27.5 Å². The minimum absolute atomic E-state index is 0.0593. The summed E-state index contributed by atoms with van der Waals surface area (Å²) in [5, 5.41) is 1.38. The van der Waals surface area contributed by atoms with Crippen LogP contribution < -0.4 is 4.74 Å². The largest absolute Gasteiger partial charge is 0.487 e. The molecule has 140 valence electrons. The van der Waals surface area contributed by atoms with E-state index in [9.17, 15) is 4.79 Å². The molecular formula is C19H15Br2ClN2O2S. The topological polar surface area (TPSA) is 41.9 Å². The maximum Gasteiger partial charge on any atom is 0.266 e. The summed E-state index contributed by atoms with van der Waals surface area (Å²) in [7, 11) is 3.40. The van der Waals surface area contributed by atoms with E-state index in [2.05, 4.69) is 36.9 Å². The molecule has 0 N–H and O–H groups in total. The number of rotatable bonds is 4. The first-order valence-corrected chi connectivity index (χ1v) is 10.7. The Hall–Kier alpha value is -1.28. The van der Waals surface area contributed by atoms with E-state index >= 15 is 0 Å². The molecular weight excluding hydrogens is 516 g/mol. The summed E-state index contributed by atoms with van der Waals surface area (Å²) in [6.45, 7) is 0.421. The summed E-state index contributed by atoms with van der Waals surface area (Å²) in [4.78, 5) is 18.6. The fraction of sp³-hybridized carbons (Fsp3) is 0.158. The average molecular weight is 531 g/mol. The number of ether oxygens (including phenoxy) is 1. The Labute approximate surface area is 183 Å². The van der Waals surface area contributed by atoms with Crippen LogP contribution in [0.1, 0.15) is 11.1 Å². The van der Waals surface area contributed by atoms with Gasteiger partial charge in [-0.15, -0.1) is 0 Å². The van der Waals surface area contributed by atoms with Crippen LogP contribution in [0.2, 0.25) is 5.02 Å². The zero-order chi connectivity index (χ0) is 19.6. The zero-order valence-electron chi connectivity index (χ0n) is 14.5. The van der Waals surface area contributed by atoms with Gasteiger partial charge in [0.2, 0.25) is 0 Å². The quantitative estimate of drug-likeness (QED) is 0.457. The third kappa shape index (κ3) is 4.77. The van der Waals surface area contributed by atoms with E-state index in [4.69, 9.17) is 16.3 Å². The van der Waals surface area contributed by atoms with Crippen molar-refractivity contribution < 1.29 is 9.53 Å². The number of thioether (sulfide) groups is 1. The third-order valence-corrected chi connectivity index (χ3v) is 6.39. The maximum atomic E-state index is 12.3. The van der Waals surface area contributed by atoms with Gasteiger partial charge in [0.1, 0.15) is 12.4 Å². The van der Waals surface area contributed by atoms with Crippen molar-refractivity contribution >= 4 is 72.4 Å². The maximum absolute atomic E-state index is 12.3. The van der Waals surface area contributed by atoms with Crippen molar-refractivity contribution in [1.29, 1.82) is 0 Å². The Morgan fingerprint density at radius 3 is 2.41 bits per heavy atom. The lowest BCUT2D eigenvalue weighted by atomic mass is 10.2. The second-order valence-corrected chi connectivity index (χ2v) is 8.86. The van der Waals surface area contributed by atoms with E-state index < -0.39 is 0 Å². The van der Waals surface area contributed by atoms with Crippen LogP contribution in [0, 0.1) is 0 Å². The number of carbonyl (C=O) groups is 1. The number of likely N-dealkylation sites (N-methyl/N-ethyl adjacent to an activating group) is 1. The third-order valence-electron chi connectivity index (χ3n) is 3.81. The van der Waals surface area contributed by atoms with E-state index in [1.54, 1.807) is 19.0 Å². The average Bonchev–Trinajstić information content (AvgIpc) is 2.90. The lowest BCUT2D eigenvalue weighted by molar-refractivity contribution is -0.121. The zero-order valence-corrected chi connectivity index (χ0v) is 19.2. The van der Waals surface area contributed by atoms with Gasteiger partial charge in [-0.2, -0.15) is 0 Å². The highest BCUT2D eigenvalue weighted by Crippen LogP contribution is 2.37. The summed E-state index contributed by atoms with van der Waals surface area (Å²) in [6, 6.07) is 11.4. The molecule has 0 atom stereocenters. The Morgan fingerprint density at radius 1 is 1.22 bits per heavy atom. The lowest BCUT2D eigenvalue weighted by Crippen LogP contribution is -2.23. The van der Waals surface area contributed by atoms with Crippen LogP contribution in [-0.2, 0) is 11.4 Å². The van der Waals surface area contributed by atoms with Gasteiger partial charge in [0.05, 0.1) is 13.9 Å². The second-order valence-electron chi connectivity index (χ2n) is 5.71. The van der Waals surface area contributed by atoms with Gasteiger partial charge in [-0.1, -0.05) is 23.7 Å². The molecule has 1 amide bonds. The number of carbonyl (C=O) groups excluding carboxylic acids is 1. The van der Waals surface area contributed by atoms with Gasteiger partial charge in [-0.25, -0.2) is 0 Å². The number of amidine groups is 1. The van der Waals surface area contributed by atoms with Crippen LogP contribution in [0.4, 0.5) is 0 Å². The molecule has 4 nitrogen and oxygen atoms in total. The highest BCUT2D eigenvalue weighted by Gasteiger charge is 2.29. The highest BCUT2D eigenvalue weighted by molar-refractivity contribution is 9.11. The molecule has 8 heteroatoms. The Morgan fingerprint density at radius 2 is 1.85 bits per heavy atom. The monoisotopic (exact) mass is 528 g/mol. The smallest absolute Gasteiger partial charge is 0.266 e. The van der Waals surface area contributed by atoms with Crippen molar-refractivity contribution in [3.05, 3.63) is 66.4 Å². The molecule has 0 radical (unpaired) electrons. The molecule has 2 aromatic carbocycles. The molecule has 0 bridgehead atoms. The Bertz CT molecular complexity index is 922. The highest BCUT2D eigenvalue weighted by atomic mass is 79.9. The van der Waals surface area contributed by atoms with E-state index in [1.165, 1.54) is 11.8 Å². The first-order chi connectivity index (χ1) is 12.9. The molecule has 2 aromatic rings. The van der Waals surface area contributed by atoms with Crippen LogP contribution in [0.5, 0.6) is 5.75 Å². The fourth-order valence-electron chi connectivity index (χ4n) is 2.44. The van der Waals surface area contributed by atoms with E-state index in [1.807, 2.05) is 42.5 Å². The number of halogens is 3. The van der Waals surface area contributed by atoms with Gasteiger partial charge < -0.3 is 4.74 Å². The van der Waals surface area contributed by atoms with Crippen LogP contribution in [0.15, 0.2) is 55.2 Å². The molecule has 0 unspecified atom stereocenters. The molecule has 0 saturated carbocycles. The van der Waals surface area contributed by atoms with Gasteiger partial charge in [0.25, 0.3) is 5.91 Å². The van der Waals surface area contributed by atoms with Crippen LogP contribution in [0.25, 0.3) is 6.08 Å². The SMILES string of the molecule is CN=C1S/C(=C\c2cc(Br)c(OCc3ccc(Cl)cc3)c(Br)c2)C(=O)N1C. The molecule has 0 spiro atoms. The predicted octanol–water partition coefficient (Wildman–Crippen LogP) is 5.98. The molecule has 0 aromatic heterocycles. The number of aliphatic imine (C=N–C) groups is 1. The first-order valence-electron chi connectivity index (χ1n) is 7.89. The molecule has 3 rings (SSSR count). The lowest BCUT2D eigenvalue weighted by Gasteiger charge is -2.12. The van der Waals surface area contributed by atoms with Crippen molar-refractivity contribution in [3.63, 3.8) is 0 Å².